The second-order valence-electron chi connectivity index (χ2n) is 9.44. The van der Waals surface area contributed by atoms with Crippen LogP contribution >= 0.6 is 0 Å². The summed E-state index contributed by atoms with van der Waals surface area (Å²) in [6, 6.07) is 5.10. The molecule has 180 valence electrons. The van der Waals surface area contributed by atoms with Crippen molar-refractivity contribution < 1.29 is 23.4 Å². The molecule has 0 aliphatic carbocycles. The molecule has 0 radical (unpaired) electrons. The zero-order valence-electron chi connectivity index (χ0n) is 20.2. The van der Waals surface area contributed by atoms with E-state index in [0.29, 0.717) is 50.4 Å². The molecule has 0 aromatic heterocycles. The van der Waals surface area contributed by atoms with E-state index in [-0.39, 0.29) is 18.5 Å². The molecule has 1 fully saturated rings. The largest absolute Gasteiger partial charge is 0.479 e. The Morgan fingerprint density at radius 3 is 2.58 bits per heavy atom. The van der Waals surface area contributed by atoms with Gasteiger partial charge in [0.2, 0.25) is 0 Å². The predicted octanol–water partition coefficient (Wildman–Crippen LogP) is 4.76. The summed E-state index contributed by atoms with van der Waals surface area (Å²) in [6.45, 7) is 9.44. The lowest BCUT2D eigenvalue weighted by Crippen LogP contribution is -2.48. The van der Waals surface area contributed by atoms with Gasteiger partial charge in [-0.05, 0) is 40.0 Å². The van der Waals surface area contributed by atoms with E-state index in [1.165, 1.54) is 6.07 Å². The number of allylic oxidation sites excluding steroid dienone is 2. The lowest BCUT2D eigenvalue weighted by atomic mass is 9.71. The molecule has 0 atom stereocenters. The van der Waals surface area contributed by atoms with Crippen LogP contribution in [-0.2, 0) is 14.9 Å². The number of nitriles is 1. The third-order valence-corrected chi connectivity index (χ3v) is 6.08. The summed E-state index contributed by atoms with van der Waals surface area (Å²) < 4.78 is 32.0. The lowest BCUT2D eigenvalue weighted by Gasteiger charge is -2.41. The topological polar surface area (TPSA) is 75.0 Å². The highest BCUT2D eigenvalue weighted by molar-refractivity contribution is 5.74. The summed E-state index contributed by atoms with van der Waals surface area (Å²) in [5.41, 5.74) is 1.30. The van der Waals surface area contributed by atoms with Crippen molar-refractivity contribution in [2.75, 3.05) is 44.9 Å². The van der Waals surface area contributed by atoms with Crippen LogP contribution in [0.25, 0.3) is 0 Å². The second kappa shape index (κ2) is 10.0. The number of fused-ring (bicyclic) bond motifs is 2. The SMILES string of the molecule is CC/C=C1/N(CCOC)c2cc(OCC#N)cc(F)c2C12CCN(C(=O)OC(C)(C)C)CC2. The van der Waals surface area contributed by atoms with Crippen LogP contribution in [0.5, 0.6) is 5.75 Å². The molecule has 33 heavy (non-hydrogen) atoms. The van der Waals surface area contributed by atoms with Crippen molar-refractivity contribution in [3.63, 3.8) is 0 Å². The van der Waals surface area contributed by atoms with Crippen LogP contribution in [0.4, 0.5) is 14.9 Å². The second-order valence-corrected chi connectivity index (χ2v) is 9.44. The number of methoxy groups -OCH3 is 1. The van der Waals surface area contributed by atoms with Gasteiger partial charge in [-0.3, -0.25) is 0 Å². The van der Waals surface area contributed by atoms with Gasteiger partial charge in [-0.2, -0.15) is 5.26 Å². The van der Waals surface area contributed by atoms with Crippen molar-refractivity contribution >= 4 is 11.8 Å². The average Bonchev–Trinajstić information content (AvgIpc) is 2.99. The lowest BCUT2D eigenvalue weighted by molar-refractivity contribution is 0.0179. The number of carbonyl (C=O) groups excluding carboxylic acids is 1. The van der Waals surface area contributed by atoms with Crippen LogP contribution in [0.3, 0.4) is 0 Å². The first-order valence-corrected chi connectivity index (χ1v) is 11.5. The number of hydrogen-bond donors (Lipinski definition) is 0. The zero-order valence-corrected chi connectivity index (χ0v) is 20.2. The monoisotopic (exact) mass is 459 g/mol. The maximum atomic E-state index is 15.6. The van der Waals surface area contributed by atoms with Gasteiger partial charge in [-0.1, -0.05) is 13.0 Å². The molecule has 1 aromatic rings. The molecule has 2 aliphatic heterocycles. The number of hydrogen-bond acceptors (Lipinski definition) is 6. The molecular weight excluding hydrogens is 425 g/mol. The van der Waals surface area contributed by atoms with Crippen LogP contribution in [-0.4, -0.2) is 56.6 Å². The molecule has 0 N–H and O–H groups in total. The highest BCUT2D eigenvalue weighted by Crippen LogP contribution is 2.55. The van der Waals surface area contributed by atoms with Crippen molar-refractivity contribution in [3.05, 3.63) is 35.3 Å². The average molecular weight is 460 g/mol. The summed E-state index contributed by atoms with van der Waals surface area (Å²) in [5, 5.41) is 8.86. The highest BCUT2D eigenvalue weighted by Gasteiger charge is 2.51. The van der Waals surface area contributed by atoms with Gasteiger partial charge in [0.15, 0.2) is 6.61 Å². The minimum atomic E-state index is -0.567. The predicted molar refractivity (Wildman–Crippen MR) is 124 cm³/mol. The Morgan fingerprint density at radius 1 is 1.30 bits per heavy atom. The Bertz CT molecular complexity index is 940. The van der Waals surface area contributed by atoms with Gasteiger partial charge in [-0.15, -0.1) is 0 Å². The van der Waals surface area contributed by atoms with E-state index in [9.17, 15) is 4.79 Å². The Hall–Kier alpha value is -2.79. The minimum Gasteiger partial charge on any atom is -0.479 e. The standard InChI is InChI=1S/C25H34FN3O4/c1-6-7-21-25(8-11-28(12-9-25)23(30)33-24(2,3)4)22-19(26)16-18(32-14-10-27)17-20(22)29(21)13-15-31-5/h7,16-17H,6,8-9,11-15H2,1-5H3/b21-7+. The number of amides is 1. The molecule has 1 amide bonds. The summed E-state index contributed by atoms with van der Waals surface area (Å²) in [4.78, 5) is 16.4. The molecular formula is C25H34FN3O4. The number of ether oxygens (including phenoxy) is 3. The van der Waals surface area contributed by atoms with Crippen LogP contribution in [0.2, 0.25) is 0 Å². The molecule has 0 saturated carbocycles. The van der Waals surface area contributed by atoms with Crippen molar-refractivity contribution in [2.24, 2.45) is 0 Å². The van der Waals surface area contributed by atoms with Crippen LogP contribution in [0.1, 0.15) is 52.5 Å². The molecule has 1 aromatic carbocycles. The molecule has 1 spiro atoms. The van der Waals surface area contributed by atoms with Gasteiger partial charge in [0.05, 0.1) is 12.3 Å². The molecule has 3 rings (SSSR count). The summed E-state index contributed by atoms with van der Waals surface area (Å²) in [7, 11) is 1.64. The van der Waals surface area contributed by atoms with Crippen molar-refractivity contribution in [1.29, 1.82) is 5.26 Å². The normalized spacial score (nSPS) is 18.4. The van der Waals surface area contributed by atoms with E-state index in [1.54, 1.807) is 12.0 Å². The quantitative estimate of drug-likeness (QED) is 0.611. The number of halogens is 1. The van der Waals surface area contributed by atoms with Crippen LogP contribution in [0.15, 0.2) is 23.9 Å². The molecule has 8 heteroatoms. The molecule has 2 aliphatic rings. The summed E-state index contributed by atoms with van der Waals surface area (Å²) in [5.74, 6) is -0.0256. The number of piperidine rings is 1. The maximum Gasteiger partial charge on any atom is 0.410 e. The third-order valence-electron chi connectivity index (χ3n) is 6.08. The Morgan fingerprint density at radius 2 is 2.00 bits per heavy atom. The van der Waals surface area contributed by atoms with E-state index in [0.717, 1.165) is 17.8 Å². The fourth-order valence-electron chi connectivity index (χ4n) is 4.80. The van der Waals surface area contributed by atoms with Crippen molar-refractivity contribution in [3.8, 4) is 11.8 Å². The molecule has 1 saturated heterocycles. The number of anilines is 1. The van der Waals surface area contributed by atoms with Gasteiger partial charge in [0, 0.05) is 55.6 Å². The fourth-order valence-corrected chi connectivity index (χ4v) is 4.80. The van der Waals surface area contributed by atoms with Crippen molar-refractivity contribution in [2.45, 2.75) is 58.0 Å². The maximum absolute atomic E-state index is 15.6. The van der Waals surface area contributed by atoms with E-state index >= 15 is 4.39 Å². The van der Waals surface area contributed by atoms with E-state index in [1.807, 2.05) is 32.9 Å². The third kappa shape index (κ3) is 5.09. The number of carbonyl (C=O) groups is 1. The first-order chi connectivity index (χ1) is 15.7. The number of rotatable bonds is 6. The first kappa shape index (κ1) is 24.8. The minimum absolute atomic E-state index is 0.149. The summed E-state index contributed by atoms with van der Waals surface area (Å²) >= 11 is 0. The van der Waals surface area contributed by atoms with E-state index in [2.05, 4.69) is 17.9 Å². The van der Waals surface area contributed by atoms with Gasteiger partial charge in [-0.25, -0.2) is 9.18 Å². The van der Waals surface area contributed by atoms with Gasteiger partial charge in [0.25, 0.3) is 0 Å². The molecule has 0 bridgehead atoms. The smallest absolute Gasteiger partial charge is 0.410 e. The van der Waals surface area contributed by atoms with Crippen LogP contribution < -0.4 is 9.64 Å². The first-order valence-electron chi connectivity index (χ1n) is 11.5. The Labute approximate surface area is 195 Å². The van der Waals surface area contributed by atoms with E-state index < -0.39 is 11.0 Å². The Balaban J connectivity index is 2.00. The summed E-state index contributed by atoms with van der Waals surface area (Å²) in [6.07, 6.45) is 3.78. The molecule has 2 heterocycles. The molecule has 0 unspecified atom stereocenters. The van der Waals surface area contributed by atoms with E-state index in [4.69, 9.17) is 19.5 Å². The van der Waals surface area contributed by atoms with Gasteiger partial charge >= 0.3 is 6.09 Å². The van der Waals surface area contributed by atoms with Gasteiger partial charge < -0.3 is 24.0 Å². The van der Waals surface area contributed by atoms with Crippen molar-refractivity contribution in [1.82, 2.24) is 4.90 Å². The fraction of sp³-hybridized carbons (Fsp3) is 0.600. The number of likely N-dealkylation sites (tertiary alicyclic amines) is 1. The Kier molecular flexibility index (Phi) is 7.53. The number of nitrogens with zero attached hydrogens (tertiary/aromatic N) is 3. The number of benzene rings is 1. The zero-order chi connectivity index (χ0) is 24.2. The highest BCUT2D eigenvalue weighted by atomic mass is 19.1. The molecule has 7 nitrogen and oxygen atoms in total. The van der Waals surface area contributed by atoms with Crippen LogP contribution in [0, 0.1) is 17.1 Å². The van der Waals surface area contributed by atoms with Gasteiger partial charge in [0.1, 0.15) is 23.2 Å².